The Balaban J connectivity index is 2.45. The number of nitrogens with zero attached hydrogens (tertiary/aromatic N) is 1. The van der Waals surface area contributed by atoms with E-state index in [1.165, 1.54) is 6.20 Å². The van der Waals surface area contributed by atoms with E-state index >= 15 is 0 Å². The SMILES string of the molecule is CC(C)c1cncc(F)c1B1OC(C)(C)C(C)(C)O1. The van der Waals surface area contributed by atoms with E-state index in [1.54, 1.807) is 6.20 Å². The van der Waals surface area contributed by atoms with Crippen molar-refractivity contribution in [3.05, 3.63) is 23.8 Å². The van der Waals surface area contributed by atoms with E-state index in [-0.39, 0.29) is 11.7 Å². The predicted molar refractivity (Wildman–Crippen MR) is 74.0 cm³/mol. The zero-order valence-electron chi connectivity index (χ0n) is 12.5. The van der Waals surface area contributed by atoms with Crippen molar-refractivity contribution in [3.8, 4) is 0 Å². The van der Waals surface area contributed by atoms with E-state index in [1.807, 2.05) is 41.5 Å². The lowest BCUT2D eigenvalue weighted by Gasteiger charge is -2.32. The van der Waals surface area contributed by atoms with Crippen LogP contribution in [0.5, 0.6) is 0 Å². The van der Waals surface area contributed by atoms with Gasteiger partial charge in [0.1, 0.15) is 5.82 Å². The summed E-state index contributed by atoms with van der Waals surface area (Å²) in [5.41, 5.74) is 0.366. The van der Waals surface area contributed by atoms with Gasteiger partial charge in [0, 0.05) is 11.7 Å². The van der Waals surface area contributed by atoms with Gasteiger partial charge in [-0.1, -0.05) is 13.8 Å². The second-order valence-corrected chi connectivity index (χ2v) is 6.37. The highest BCUT2D eigenvalue weighted by Gasteiger charge is 2.53. The van der Waals surface area contributed by atoms with Gasteiger partial charge >= 0.3 is 7.12 Å². The molecule has 1 aliphatic heterocycles. The summed E-state index contributed by atoms with van der Waals surface area (Å²) in [5, 5.41) is 0. The highest BCUT2D eigenvalue weighted by Crippen LogP contribution is 2.37. The molecule has 0 saturated carbocycles. The number of pyridine rings is 1. The molecule has 1 fully saturated rings. The Morgan fingerprint density at radius 1 is 1.11 bits per heavy atom. The maximum Gasteiger partial charge on any atom is 0.498 e. The van der Waals surface area contributed by atoms with Gasteiger partial charge in [0.05, 0.1) is 17.4 Å². The van der Waals surface area contributed by atoms with Crippen LogP contribution in [0.25, 0.3) is 0 Å². The van der Waals surface area contributed by atoms with Crippen molar-refractivity contribution in [2.75, 3.05) is 0 Å². The minimum Gasteiger partial charge on any atom is -0.399 e. The van der Waals surface area contributed by atoms with E-state index in [2.05, 4.69) is 4.98 Å². The van der Waals surface area contributed by atoms with Crippen LogP contribution in [0.4, 0.5) is 4.39 Å². The molecule has 1 aromatic rings. The first-order chi connectivity index (χ1) is 8.66. The summed E-state index contributed by atoms with van der Waals surface area (Å²) >= 11 is 0. The summed E-state index contributed by atoms with van der Waals surface area (Å²) in [6.45, 7) is 11.8. The number of hydrogen-bond acceptors (Lipinski definition) is 3. The summed E-state index contributed by atoms with van der Waals surface area (Å²) < 4.78 is 26.0. The van der Waals surface area contributed by atoms with Crippen molar-refractivity contribution in [1.29, 1.82) is 0 Å². The van der Waals surface area contributed by atoms with E-state index in [0.717, 1.165) is 5.56 Å². The largest absolute Gasteiger partial charge is 0.498 e. The third-order valence-corrected chi connectivity index (χ3v) is 4.08. The third-order valence-electron chi connectivity index (χ3n) is 4.08. The fourth-order valence-corrected chi connectivity index (χ4v) is 2.13. The van der Waals surface area contributed by atoms with Gasteiger partial charge in [0.25, 0.3) is 0 Å². The Morgan fingerprint density at radius 3 is 2.11 bits per heavy atom. The van der Waals surface area contributed by atoms with Crippen LogP contribution < -0.4 is 5.46 Å². The summed E-state index contributed by atoms with van der Waals surface area (Å²) in [7, 11) is -0.676. The zero-order valence-corrected chi connectivity index (χ0v) is 12.5. The van der Waals surface area contributed by atoms with Gasteiger partial charge in [-0.25, -0.2) is 4.39 Å². The molecule has 19 heavy (non-hydrogen) atoms. The molecular formula is C14H21BFNO2. The van der Waals surface area contributed by atoms with Gasteiger partial charge in [-0.15, -0.1) is 0 Å². The molecule has 0 radical (unpaired) electrons. The molecule has 0 atom stereocenters. The topological polar surface area (TPSA) is 31.4 Å². The number of rotatable bonds is 2. The lowest BCUT2D eigenvalue weighted by atomic mass is 9.74. The van der Waals surface area contributed by atoms with Crippen molar-refractivity contribution in [2.45, 2.75) is 58.7 Å². The molecule has 3 nitrogen and oxygen atoms in total. The van der Waals surface area contributed by atoms with Crippen LogP contribution in [0, 0.1) is 5.82 Å². The smallest absolute Gasteiger partial charge is 0.399 e. The molecule has 0 aromatic carbocycles. The fraction of sp³-hybridized carbons (Fsp3) is 0.643. The average Bonchev–Trinajstić information content (AvgIpc) is 2.47. The Hall–Kier alpha value is -0.935. The van der Waals surface area contributed by atoms with Gasteiger partial charge in [-0.3, -0.25) is 4.98 Å². The van der Waals surface area contributed by atoms with Crippen molar-refractivity contribution >= 4 is 12.6 Å². The van der Waals surface area contributed by atoms with Crippen molar-refractivity contribution in [2.24, 2.45) is 0 Å². The van der Waals surface area contributed by atoms with Gasteiger partial charge in [0.15, 0.2) is 0 Å². The molecule has 104 valence electrons. The standard InChI is InChI=1S/C14H21BFNO2/c1-9(2)10-7-17-8-11(16)12(10)15-18-13(3,4)14(5,6)19-15/h7-9H,1-6H3. The number of hydrogen-bond donors (Lipinski definition) is 0. The second-order valence-electron chi connectivity index (χ2n) is 6.37. The van der Waals surface area contributed by atoms with Crippen LogP contribution >= 0.6 is 0 Å². The molecule has 0 unspecified atom stereocenters. The molecule has 0 spiro atoms. The van der Waals surface area contributed by atoms with Crippen LogP contribution in [0.1, 0.15) is 53.0 Å². The molecule has 5 heteroatoms. The zero-order chi connectivity index (χ0) is 14.4. The maximum atomic E-state index is 14.1. The molecule has 2 rings (SSSR count). The molecule has 1 aromatic heterocycles. The molecule has 2 heterocycles. The monoisotopic (exact) mass is 265 g/mol. The molecule has 0 amide bonds. The lowest BCUT2D eigenvalue weighted by molar-refractivity contribution is 0.00578. The second kappa shape index (κ2) is 4.56. The molecule has 0 bridgehead atoms. The first-order valence-electron chi connectivity index (χ1n) is 6.64. The van der Waals surface area contributed by atoms with Crippen molar-refractivity contribution in [3.63, 3.8) is 0 Å². The highest BCUT2D eigenvalue weighted by atomic mass is 19.1. The van der Waals surface area contributed by atoms with Crippen molar-refractivity contribution in [1.82, 2.24) is 4.98 Å². The molecule has 0 aliphatic carbocycles. The van der Waals surface area contributed by atoms with Crippen LogP contribution in [0.3, 0.4) is 0 Å². The first kappa shape index (κ1) is 14.5. The Bertz CT molecular complexity index is 472. The molecular weight excluding hydrogens is 244 g/mol. The highest BCUT2D eigenvalue weighted by molar-refractivity contribution is 6.62. The van der Waals surface area contributed by atoms with Crippen LogP contribution in [-0.4, -0.2) is 23.3 Å². The summed E-state index contributed by atoms with van der Waals surface area (Å²) in [6.07, 6.45) is 2.90. The van der Waals surface area contributed by atoms with Gasteiger partial charge in [-0.05, 0) is 39.2 Å². The molecule has 1 saturated heterocycles. The first-order valence-corrected chi connectivity index (χ1v) is 6.64. The summed E-state index contributed by atoms with van der Waals surface area (Å²) in [6, 6.07) is 0. The molecule has 0 N–H and O–H groups in total. The minimum absolute atomic E-state index is 0.164. The van der Waals surface area contributed by atoms with Crippen molar-refractivity contribution < 1.29 is 13.7 Å². The number of halogens is 1. The summed E-state index contributed by atoms with van der Waals surface area (Å²) in [4.78, 5) is 3.92. The third kappa shape index (κ3) is 2.41. The quantitative estimate of drug-likeness (QED) is 0.770. The summed E-state index contributed by atoms with van der Waals surface area (Å²) in [5.74, 6) is -0.207. The lowest BCUT2D eigenvalue weighted by Crippen LogP contribution is -2.41. The maximum absolute atomic E-state index is 14.1. The Kier molecular flexibility index (Phi) is 3.48. The van der Waals surface area contributed by atoms with Crippen LogP contribution in [-0.2, 0) is 9.31 Å². The van der Waals surface area contributed by atoms with E-state index < -0.39 is 18.3 Å². The van der Waals surface area contributed by atoms with E-state index in [0.29, 0.717) is 5.46 Å². The normalized spacial score (nSPS) is 21.2. The predicted octanol–water partition coefficient (Wildman–Crippen LogP) is 2.64. The Morgan fingerprint density at radius 2 is 1.63 bits per heavy atom. The number of aromatic nitrogens is 1. The van der Waals surface area contributed by atoms with Crippen LogP contribution in [0.2, 0.25) is 0 Å². The fourth-order valence-electron chi connectivity index (χ4n) is 2.13. The average molecular weight is 265 g/mol. The van der Waals surface area contributed by atoms with Gasteiger partial charge in [0.2, 0.25) is 0 Å². The molecule has 1 aliphatic rings. The van der Waals surface area contributed by atoms with Crippen LogP contribution in [0.15, 0.2) is 12.4 Å². The minimum atomic E-state index is -0.676. The van der Waals surface area contributed by atoms with Gasteiger partial charge < -0.3 is 9.31 Å². The van der Waals surface area contributed by atoms with Gasteiger partial charge in [-0.2, -0.15) is 0 Å². The Labute approximate surface area is 114 Å². The van der Waals surface area contributed by atoms with E-state index in [9.17, 15) is 4.39 Å². The van der Waals surface area contributed by atoms with E-state index in [4.69, 9.17) is 9.31 Å².